The predicted molar refractivity (Wildman–Crippen MR) is 76.8 cm³/mol. The van der Waals surface area contributed by atoms with Crippen LogP contribution in [0.4, 0.5) is 0 Å². The summed E-state index contributed by atoms with van der Waals surface area (Å²) < 4.78 is 5.77. The Hall–Kier alpha value is -0.0800. The number of hydrogen-bond acceptors (Lipinski definition) is 2. The molecule has 0 aromatic rings. The minimum absolute atomic E-state index is 0.236. The molecule has 0 spiro atoms. The maximum absolute atomic E-state index is 5.77. The van der Waals surface area contributed by atoms with Crippen LogP contribution in [0.2, 0.25) is 0 Å². The van der Waals surface area contributed by atoms with Gasteiger partial charge in [-0.15, -0.1) is 0 Å². The topological polar surface area (TPSA) is 21.3 Å². The first-order chi connectivity index (χ1) is 8.39. The van der Waals surface area contributed by atoms with Gasteiger partial charge in [0, 0.05) is 18.7 Å². The van der Waals surface area contributed by atoms with Crippen molar-refractivity contribution < 1.29 is 4.74 Å². The summed E-state index contributed by atoms with van der Waals surface area (Å²) in [6, 6.07) is 0. The Kier molecular flexibility index (Phi) is 4.38. The molecule has 2 atom stereocenters. The Bertz CT molecular complexity index is 261. The lowest BCUT2D eigenvalue weighted by Gasteiger charge is -2.34. The summed E-state index contributed by atoms with van der Waals surface area (Å²) in [6.45, 7) is 11.4. The van der Waals surface area contributed by atoms with Gasteiger partial charge in [0.2, 0.25) is 0 Å². The summed E-state index contributed by atoms with van der Waals surface area (Å²) in [4.78, 5) is 0. The van der Waals surface area contributed by atoms with Crippen molar-refractivity contribution in [3.8, 4) is 0 Å². The standard InChI is InChI=1S/C16H31NO/c1-15(2,3)17-12-16(4,13-7-8-13)10-9-14-6-5-11-18-14/h13-14,17H,5-12H2,1-4H3. The summed E-state index contributed by atoms with van der Waals surface area (Å²) >= 11 is 0. The quantitative estimate of drug-likeness (QED) is 0.778. The van der Waals surface area contributed by atoms with Gasteiger partial charge < -0.3 is 10.1 Å². The lowest BCUT2D eigenvalue weighted by molar-refractivity contribution is 0.0839. The molecular weight excluding hydrogens is 222 g/mol. The Labute approximate surface area is 113 Å². The third-order valence-electron chi connectivity index (χ3n) is 4.65. The van der Waals surface area contributed by atoms with Crippen molar-refractivity contribution in [3.63, 3.8) is 0 Å². The Balaban J connectivity index is 1.81. The van der Waals surface area contributed by atoms with Gasteiger partial charge in [-0.1, -0.05) is 6.92 Å². The zero-order valence-corrected chi connectivity index (χ0v) is 12.7. The molecule has 2 heteroatoms. The maximum atomic E-state index is 5.77. The molecule has 1 saturated heterocycles. The monoisotopic (exact) mass is 253 g/mol. The SMILES string of the molecule is CC(C)(C)NCC(C)(CCC1CCCO1)C1CC1. The molecule has 2 fully saturated rings. The highest BCUT2D eigenvalue weighted by atomic mass is 16.5. The van der Waals surface area contributed by atoms with E-state index in [1.807, 2.05) is 0 Å². The van der Waals surface area contributed by atoms with E-state index in [1.165, 1.54) is 38.5 Å². The zero-order chi connectivity index (χ0) is 13.2. The lowest BCUT2D eigenvalue weighted by atomic mass is 9.79. The molecule has 106 valence electrons. The number of hydrogen-bond donors (Lipinski definition) is 1. The second-order valence-electron chi connectivity index (χ2n) is 7.71. The predicted octanol–water partition coefficient (Wildman–Crippen LogP) is 3.75. The molecule has 2 nitrogen and oxygen atoms in total. The van der Waals surface area contributed by atoms with Gasteiger partial charge in [-0.2, -0.15) is 0 Å². The van der Waals surface area contributed by atoms with E-state index in [-0.39, 0.29) is 5.54 Å². The molecule has 0 radical (unpaired) electrons. The van der Waals surface area contributed by atoms with Crippen molar-refractivity contribution >= 4 is 0 Å². The van der Waals surface area contributed by atoms with E-state index in [9.17, 15) is 0 Å². The van der Waals surface area contributed by atoms with Crippen molar-refractivity contribution in [1.82, 2.24) is 5.32 Å². The molecule has 1 aliphatic heterocycles. The van der Waals surface area contributed by atoms with Crippen molar-refractivity contribution in [1.29, 1.82) is 0 Å². The average Bonchev–Trinajstić information content (AvgIpc) is 3.02. The number of ether oxygens (including phenoxy) is 1. The van der Waals surface area contributed by atoms with E-state index in [0.29, 0.717) is 11.5 Å². The van der Waals surface area contributed by atoms with E-state index in [4.69, 9.17) is 4.74 Å². The van der Waals surface area contributed by atoms with E-state index < -0.39 is 0 Å². The fourth-order valence-electron chi connectivity index (χ4n) is 3.05. The number of nitrogens with one attached hydrogen (secondary N) is 1. The Morgan fingerprint density at radius 2 is 1.83 bits per heavy atom. The molecule has 1 heterocycles. The molecule has 1 saturated carbocycles. The van der Waals surface area contributed by atoms with Gasteiger partial charge >= 0.3 is 0 Å². The van der Waals surface area contributed by atoms with Crippen LogP contribution in [-0.4, -0.2) is 24.8 Å². The van der Waals surface area contributed by atoms with Crippen molar-refractivity contribution in [2.24, 2.45) is 11.3 Å². The highest BCUT2D eigenvalue weighted by Crippen LogP contribution is 2.48. The highest BCUT2D eigenvalue weighted by Gasteiger charge is 2.41. The van der Waals surface area contributed by atoms with Crippen LogP contribution in [0, 0.1) is 11.3 Å². The second kappa shape index (κ2) is 5.50. The van der Waals surface area contributed by atoms with E-state index in [1.54, 1.807) is 0 Å². The molecule has 0 aromatic heterocycles. The van der Waals surface area contributed by atoms with Gasteiger partial charge in [-0.25, -0.2) is 0 Å². The lowest BCUT2D eigenvalue weighted by Crippen LogP contribution is -2.44. The summed E-state index contributed by atoms with van der Waals surface area (Å²) in [5.74, 6) is 0.953. The summed E-state index contributed by atoms with van der Waals surface area (Å²) in [7, 11) is 0. The third kappa shape index (κ3) is 4.24. The van der Waals surface area contributed by atoms with Crippen molar-refractivity contribution in [3.05, 3.63) is 0 Å². The third-order valence-corrected chi connectivity index (χ3v) is 4.65. The second-order valence-corrected chi connectivity index (χ2v) is 7.71. The van der Waals surface area contributed by atoms with Gasteiger partial charge in [0.1, 0.15) is 0 Å². The smallest absolute Gasteiger partial charge is 0.0576 e. The van der Waals surface area contributed by atoms with Gasteiger partial charge in [0.05, 0.1) is 6.10 Å². The zero-order valence-electron chi connectivity index (χ0n) is 12.7. The maximum Gasteiger partial charge on any atom is 0.0576 e. The van der Waals surface area contributed by atoms with Crippen LogP contribution in [0.3, 0.4) is 0 Å². The molecular formula is C16H31NO. The minimum Gasteiger partial charge on any atom is -0.378 e. The first-order valence-corrected chi connectivity index (χ1v) is 7.76. The molecule has 2 rings (SSSR count). The fraction of sp³-hybridized carbons (Fsp3) is 1.00. The normalized spacial score (nSPS) is 28.3. The molecule has 2 unspecified atom stereocenters. The summed E-state index contributed by atoms with van der Waals surface area (Å²) in [5.41, 5.74) is 0.721. The van der Waals surface area contributed by atoms with Gasteiger partial charge in [0.25, 0.3) is 0 Å². The molecule has 0 bridgehead atoms. The number of rotatable bonds is 6. The van der Waals surface area contributed by atoms with E-state index in [2.05, 4.69) is 33.0 Å². The molecule has 18 heavy (non-hydrogen) atoms. The van der Waals surface area contributed by atoms with Crippen LogP contribution >= 0.6 is 0 Å². The minimum atomic E-state index is 0.236. The van der Waals surface area contributed by atoms with Crippen molar-refractivity contribution in [2.75, 3.05) is 13.2 Å². The van der Waals surface area contributed by atoms with Gasteiger partial charge in [0.15, 0.2) is 0 Å². The molecule has 2 aliphatic rings. The van der Waals surface area contributed by atoms with Crippen LogP contribution in [-0.2, 0) is 4.74 Å². The van der Waals surface area contributed by atoms with E-state index in [0.717, 1.165) is 19.1 Å². The Morgan fingerprint density at radius 3 is 2.33 bits per heavy atom. The largest absolute Gasteiger partial charge is 0.378 e. The molecule has 0 aromatic carbocycles. The summed E-state index contributed by atoms with van der Waals surface area (Å²) in [6.07, 6.45) is 8.57. The van der Waals surface area contributed by atoms with Crippen LogP contribution in [0.15, 0.2) is 0 Å². The fourth-order valence-corrected chi connectivity index (χ4v) is 3.05. The van der Waals surface area contributed by atoms with Crippen LogP contribution in [0.25, 0.3) is 0 Å². The van der Waals surface area contributed by atoms with Crippen LogP contribution < -0.4 is 5.32 Å². The van der Waals surface area contributed by atoms with Gasteiger partial charge in [-0.3, -0.25) is 0 Å². The first kappa shape index (κ1) is 14.3. The Morgan fingerprint density at radius 1 is 1.11 bits per heavy atom. The molecule has 1 N–H and O–H groups in total. The van der Waals surface area contributed by atoms with Gasteiger partial charge in [-0.05, 0) is 70.6 Å². The van der Waals surface area contributed by atoms with E-state index >= 15 is 0 Å². The highest BCUT2D eigenvalue weighted by molar-refractivity contribution is 4.94. The molecule has 0 amide bonds. The first-order valence-electron chi connectivity index (χ1n) is 7.76. The molecule has 1 aliphatic carbocycles. The average molecular weight is 253 g/mol. The van der Waals surface area contributed by atoms with Crippen molar-refractivity contribution in [2.45, 2.75) is 77.9 Å². The summed E-state index contributed by atoms with van der Waals surface area (Å²) in [5, 5.41) is 3.72. The van der Waals surface area contributed by atoms with Crippen LogP contribution in [0.1, 0.15) is 66.2 Å². The van der Waals surface area contributed by atoms with Crippen LogP contribution in [0.5, 0.6) is 0 Å².